The maximum atomic E-state index is 12.3. The molecule has 1 aromatic carbocycles. The summed E-state index contributed by atoms with van der Waals surface area (Å²) in [6.45, 7) is 3.33. The van der Waals surface area contributed by atoms with Crippen molar-refractivity contribution in [2.24, 2.45) is 7.05 Å². The topological polar surface area (TPSA) is 83.4 Å². The highest BCUT2D eigenvalue weighted by Gasteiger charge is 2.20. The first kappa shape index (κ1) is 19.4. The number of benzene rings is 1. The molecule has 2 heterocycles. The smallest absolute Gasteiger partial charge is 0.233 e. The van der Waals surface area contributed by atoms with Crippen molar-refractivity contribution in [2.45, 2.75) is 11.6 Å². The molecule has 9 heteroatoms. The molecule has 2 aromatic rings. The molecule has 0 aliphatic carbocycles. The van der Waals surface area contributed by atoms with E-state index in [2.05, 4.69) is 27.5 Å². The predicted molar refractivity (Wildman–Crippen MR) is 105 cm³/mol. The second-order valence-corrected chi connectivity index (χ2v) is 7.46. The average molecular weight is 388 g/mol. The van der Waals surface area contributed by atoms with Gasteiger partial charge >= 0.3 is 0 Å². The molecular weight excluding hydrogens is 364 g/mol. The van der Waals surface area contributed by atoms with Crippen LogP contribution in [-0.4, -0.2) is 75.4 Å². The van der Waals surface area contributed by atoms with Gasteiger partial charge in [0.1, 0.15) is 5.82 Å². The highest BCUT2D eigenvalue weighted by molar-refractivity contribution is 7.99. The number of piperazine rings is 1. The molecule has 0 atom stereocenters. The number of thioether (sulfide) groups is 1. The Kier molecular flexibility index (Phi) is 6.46. The van der Waals surface area contributed by atoms with Crippen molar-refractivity contribution in [1.29, 1.82) is 0 Å². The van der Waals surface area contributed by atoms with E-state index in [1.807, 2.05) is 42.3 Å². The summed E-state index contributed by atoms with van der Waals surface area (Å²) >= 11 is 1.35. The highest BCUT2D eigenvalue weighted by atomic mass is 32.2. The van der Waals surface area contributed by atoms with Crippen molar-refractivity contribution < 1.29 is 9.59 Å². The van der Waals surface area contributed by atoms with E-state index in [4.69, 9.17) is 0 Å². The van der Waals surface area contributed by atoms with Crippen LogP contribution in [0.4, 0.5) is 5.69 Å². The SMILES string of the molecule is CN1CCN(C(=O)CSc2nnc(CC(=O)Nc3ccccc3)n2C)CC1. The average Bonchev–Trinajstić information content (AvgIpc) is 3.01. The van der Waals surface area contributed by atoms with Crippen molar-refractivity contribution in [3.63, 3.8) is 0 Å². The fourth-order valence-electron chi connectivity index (χ4n) is 2.77. The Labute approximate surface area is 162 Å². The maximum Gasteiger partial charge on any atom is 0.233 e. The molecule has 1 aliphatic heterocycles. The number of aromatic nitrogens is 3. The van der Waals surface area contributed by atoms with Crippen LogP contribution in [0.3, 0.4) is 0 Å². The molecule has 3 rings (SSSR count). The third-order valence-electron chi connectivity index (χ3n) is 4.48. The van der Waals surface area contributed by atoms with Crippen molar-refractivity contribution in [1.82, 2.24) is 24.6 Å². The first-order chi connectivity index (χ1) is 13.0. The minimum absolute atomic E-state index is 0.111. The third-order valence-corrected chi connectivity index (χ3v) is 5.49. The summed E-state index contributed by atoms with van der Waals surface area (Å²) in [4.78, 5) is 28.6. The van der Waals surface area contributed by atoms with Gasteiger partial charge in [0, 0.05) is 38.9 Å². The van der Waals surface area contributed by atoms with Crippen LogP contribution < -0.4 is 5.32 Å². The zero-order chi connectivity index (χ0) is 19.2. The van der Waals surface area contributed by atoms with E-state index in [-0.39, 0.29) is 18.2 Å². The summed E-state index contributed by atoms with van der Waals surface area (Å²) in [6, 6.07) is 9.29. The van der Waals surface area contributed by atoms with Gasteiger partial charge in [-0.05, 0) is 19.2 Å². The number of carbonyl (C=O) groups excluding carboxylic acids is 2. The predicted octanol–water partition coefficient (Wildman–Crippen LogP) is 0.862. The van der Waals surface area contributed by atoms with E-state index in [1.54, 1.807) is 4.57 Å². The maximum absolute atomic E-state index is 12.3. The van der Waals surface area contributed by atoms with Crippen LogP contribution in [-0.2, 0) is 23.1 Å². The lowest BCUT2D eigenvalue weighted by Gasteiger charge is -2.32. The van der Waals surface area contributed by atoms with E-state index in [0.29, 0.717) is 16.7 Å². The number of hydrogen-bond donors (Lipinski definition) is 1. The Balaban J connectivity index is 1.51. The van der Waals surface area contributed by atoms with Gasteiger partial charge in [0.2, 0.25) is 11.8 Å². The first-order valence-corrected chi connectivity index (χ1v) is 9.84. The van der Waals surface area contributed by atoms with Gasteiger partial charge < -0.3 is 19.7 Å². The van der Waals surface area contributed by atoms with Crippen molar-refractivity contribution in [3.8, 4) is 0 Å². The summed E-state index contributed by atoms with van der Waals surface area (Å²) in [5.74, 6) is 0.852. The van der Waals surface area contributed by atoms with Crippen LogP contribution in [0.15, 0.2) is 35.5 Å². The number of rotatable bonds is 6. The van der Waals surface area contributed by atoms with E-state index in [9.17, 15) is 9.59 Å². The second kappa shape index (κ2) is 9.01. The molecular formula is C18H24N6O2S. The molecule has 0 unspecified atom stereocenters. The molecule has 1 aromatic heterocycles. The summed E-state index contributed by atoms with van der Waals surface area (Å²) in [5.41, 5.74) is 0.747. The van der Waals surface area contributed by atoms with Gasteiger partial charge in [-0.3, -0.25) is 9.59 Å². The molecule has 1 saturated heterocycles. The molecule has 1 aliphatic rings. The lowest BCUT2D eigenvalue weighted by Crippen LogP contribution is -2.47. The number of hydrogen-bond acceptors (Lipinski definition) is 6. The highest BCUT2D eigenvalue weighted by Crippen LogP contribution is 2.17. The molecule has 0 saturated carbocycles. The number of nitrogens with one attached hydrogen (secondary N) is 1. The summed E-state index contributed by atoms with van der Waals surface area (Å²) in [5, 5.41) is 11.7. The molecule has 1 fully saturated rings. The fraction of sp³-hybridized carbons (Fsp3) is 0.444. The van der Waals surface area contributed by atoms with Gasteiger partial charge in [0.05, 0.1) is 12.2 Å². The first-order valence-electron chi connectivity index (χ1n) is 8.85. The molecule has 0 bridgehead atoms. The zero-order valence-corrected chi connectivity index (χ0v) is 16.4. The quantitative estimate of drug-likeness (QED) is 0.739. The Morgan fingerprint density at radius 3 is 2.48 bits per heavy atom. The third kappa shape index (κ3) is 5.30. The number of nitrogens with zero attached hydrogens (tertiary/aromatic N) is 5. The standard InChI is InChI=1S/C18H24N6O2S/c1-22-8-10-24(11-9-22)17(26)13-27-18-21-20-15(23(18)2)12-16(25)19-14-6-4-3-5-7-14/h3-7H,8-13H2,1-2H3,(H,19,25). The van der Waals surface area contributed by atoms with Gasteiger partial charge in [-0.1, -0.05) is 30.0 Å². The normalized spacial score (nSPS) is 15.0. The van der Waals surface area contributed by atoms with Crippen molar-refractivity contribution in [3.05, 3.63) is 36.2 Å². The fourth-order valence-corrected chi connectivity index (χ4v) is 3.60. The molecule has 0 spiro atoms. The minimum Gasteiger partial charge on any atom is -0.339 e. The molecule has 0 radical (unpaired) electrons. The van der Waals surface area contributed by atoms with Crippen LogP contribution in [0.5, 0.6) is 0 Å². The van der Waals surface area contributed by atoms with Crippen LogP contribution in [0.2, 0.25) is 0 Å². The number of carbonyl (C=O) groups is 2. The van der Waals surface area contributed by atoms with Crippen LogP contribution in [0.1, 0.15) is 5.82 Å². The number of anilines is 1. The summed E-state index contributed by atoms with van der Waals surface area (Å²) < 4.78 is 1.77. The van der Waals surface area contributed by atoms with Gasteiger partial charge in [-0.25, -0.2) is 0 Å². The molecule has 8 nitrogen and oxygen atoms in total. The number of para-hydroxylation sites is 1. The van der Waals surface area contributed by atoms with E-state index >= 15 is 0 Å². The Bertz CT molecular complexity index is 786. The lowest BCUT2D eigenvalue weighted by atomic mass is 10.3. The largest absolute Gasteiger partial charge is 0.339 e. The van der Waals surface area contributed by atoms with Gasteiger partial charge in [0.25, 0.3) is 0 Å². The summed E-state index contributed by atoms with van der Waals surface area (Å²) in [7, 11) is 3.87. The lowest BCUT2D eigenvalue weighted by molar-refractivity contribution is -0.129. The van der Waals surface area contributed by atoms with Crippen molar-refractivity contribution in [2.75, 3.05) is 44.3 Å². The number of likely N-dealkylation sites (N-methyl/N-ethyl adjacent to an activating group) is 1. The Morgan fingerprint density at radius 2 is 1.78 bits per heavy atom. The van der Waals surface area contributed by atoms with Gasteiger partial charge in [-0.15, -0.1) is 10.2 Å². The van der Waals surface area contributed by atoms with Crippen LogP contribution in [0, 0.1) is 0 Å². The van der Waals surface area contributed by atoms with Crippen LogP contribution in [0.25, 0.3) is 0 Å². The van der Waals surface area contributed by atoms with Gasteiger partial charge in [0.15, 0.2) is 5.16 Å². The minimum atomic E-state index is -0.151. The van der Waals surface area contributed by atoms with Crippen molar-refractivity contribution >= 4 is 29.3 Å². The van der Waals surface area contributed by atoms with Gasteiger partial charge in [-0.2, -0.15) is 0 Å². The molecule has 27 heavy (non-hydrogen) atoms. The monoisotopic (exact) mass is 388 g/mol. The van der Waals surface area contributed by atoms with E-state index in [1.165, 1.54) is 11.8 Å². The molecule has 1 N–H and O–H groups in total. The van der Waals surface area contributed by atoms with Crippen LogP contribution >= 0.6 is 11.8 Å². The zero-order valence-electron chi connectivity index (χ0n) is 15.6. The number of amides is 2. The summed E-state index contributed by atoms with van der Waals surface area (Å²) in [6.07, 6.45) is 0.130. The molecule has 2 amide bonds. The Hall–Kier alpha value is -2.39. The van der Waals surface area contributed by atoms with E-state index < -0.39 is 0 Å². The molecule has 144 valence electrons. The van der Waals surface area contributed by atoms with E-state index in [0.717, 1.165) is 31.9 Å². The second-order valence-electron chi connectivity index (χ2n) is 6.52. The Morgan fingerprint density at radius 1 is 1.07 bits per heavy atom.